The molecule has 0 saturated heterocycles. The number of carbonyl (C=O) groups is 2. The molecule has 0 unspecified atom stereocenters. The third-order valence-corrected chi connectivity index (χ3v) is 5.00. The first kappa shape index (κ1) is 19.7. The topological polar surface area (TPSA) is 98.4 Å². The monoisotopic (exact) mass is 465 g/mol. The molecular formula is C21H16BrN5O3. The third kappa shape index (κ3) is 4.06. The molecule has 4 rings (SSSR count). The SMILES string of the molecule is CC(=O)c1cccc(NC(=O)Cn2ncn3nc(-c4ccc(Br)cc4)cc3c2=O)c1. The van der Waals surface area contributed by atoms with Crippen LogP contribution in [0.15, 0.2) is 70.2 Å². The summed E-state index contributed by atoms with van der Waals surface area (Å²) < 4.78 is 3.41. The Bertz CT molecular complexity index is 1320. The third-order valence-electron chi connectivity index (χ3n) is 4.48. The van der Waals surface area contributed by atoms with Crippen LogP contribution >= 0.6 is 15.9 Å². The quantitative estimate of drug-likeness (QED) is 0.456. The number of carbonyl (C=O) groups excluding carboxylic acids is 2. The second-order valence-electron chi connectivity index (χ2n) is 6.65. The molecular weight excluding hydrogens is 450 g/mol. The van der Waals surface area contributed by atoms with Crippen LogP contribution in [0.2, 0.25) is 0 Å². The fourth-order valence-electron chi connectivity index (χ4n) is 2.96. The van der Waals surface area contributed by atoms with Crippen molar-refractivity contribution < 1.29 is 9.59 Å². The maximum Gasteiger partial charge on any atom is 0.293 e. The zero-order valence-corrected chi connectivity index (χ0v) is 17.5. The number of nitrogens with zero attached hydrogens (tertiary/aromatic N) is 4. The number of rotatable bonds is 5. The summed E-state index contributed by atoms with van der Waals surface area (Å²) in [7, 11) is 0. The molecule has 1 amide bonds. The van der Waals surface area contributed by atoms with Gasteiger partial charge in [-0.15, -0.1) is 0 Å². The van der Waals surface area contributed by atoms with Gasteiger partial charge in [-0.1, -0.05) is 40.2 Å². The van der Waals surface area contributed by atoms with Gasteiger partial charge in [0.1, 0.15) is 18.4 Å². The van der Waals surface area contributed by atoms with E-state index in [1.807, 2.05) is 24.3 Å². The Kier molecular flexibility index (Phi) is 5.28. The van der Waals surface area contributed by atoms with Crippen molar-refractivity contribution >= 4 is 38.8 Å². The van der Waals surface area contributed by atoms with Crippen LogP contribution in [-0.4, -0.2) is 31.1 Å². The number of aromatic nitrogens is 4. The van der Waals surface area contributed by atoms with Gasteiger partial charge in [-0.25, -0.2) is 9.20 Å². The van der Waals surface area contributed by atoms with Gasteiger partial charge < -0.3 is 5.32 Å². The van der Waals surface area contributed by atoms with E-state index in [0.717, 1.165) is 14.7 Å². The van der Waals surface area contributed by atoms with E-state index in [4.69, 9.17) is 0 Å². The van der Waals surface area contributed by atoms with Crippen molar-refractivity contribution in [3.8, 4) is 11.3 Å². The fourth-order valence-corrected chi connectivity index (χ4v) is 3.23. The number of anilines is 1. The average Bonchev–Trinajstić information content (AvgIpc) is 3.16. The lowest BCUT2D eigenvalue weighted by atomic mass is 10.1. The van der Waals surface area contributed by atoms with Gasteiger partial charge in [-0.2, -0.15) is 10.2 Å². The number of amides is 1. The lowest BCUT2D eigenvalue weighted by molar-refractivity contribution is -0.117. The molecule has 30 heavy (non-hydrogen) atoms. The summed E-state index contributed by atoms with van der Waals surface area (Å²) in [6.45, 7) is 1.19. The highest BCUT2D eigenvalue weighted by molar-refractivity contribution is 9.10. The van der Waals surface area contributed by atoms with Gasteiger partial charge >= 0.3 is 0 Å². The van der Waals surface area contributed by atoms with Gasteiger partial charge in [0.05, 0.1) is 5.69 Å². The van der Waals surface area contributed by atoms with Crippen molar-refractivity contribution in [3.63, 3.8) is 0 Å². The van der Waals surface area contributed by atoms with Gasteiger partial charge in [0.2, 0.25) is 5.91 Å². The number of nitrogens with one attached hydrogen (secondary N) is 1. The van der Waals surface area contributed by atoms with Crippen molar-refractivity contribution in [1.29, 1.82) is 0 Å². The number of benzene rings is 2. The molecule has 0 aliphatic heterocycles. The van der Waals surface area contributed by atoms with Gasteiger partial charge in [0, 0.05) is 21.3 Å². The van der Waals surface area contributed by atoms with Crippen molar-refractivity contribution in [1.82, 2.24) is 19.4 Å². The highest BCUT2D eigenvalue weighted by Gasteiger charge is 2.13. The number of fused-ring (bicyclic) bond motifs is 1. The van der Waals surface area contributed by atoms with Crippen LogP contribution in [0.25, 0.3) is 16.8 Å². The fraction of sp³-hybridized carbons (Fsp3) is 0.0952. The normalized spacial score (nSPS) is 10.9. The van der Waals surface area contributed by atoms with Crippen LogP contribution in [0.5, 0.6) is 0 Å². The predicted octanol–water partition coefficient (Wildman–Crippen LogP) is 3.16. The molecule has 0 atom stereocenters. The van der Waals surface area contributed by atoms with Gasteiger partial charge in [-0.05, 0) is 37.3 Å². The molecule has 0 fully saturated rings. The zero-order valence-electron chi connectivity index (χ0n) is 15.9. The van der Waals surface area contributed by atoms with E-state index in [2.05, 4.69) is 31.4 Å². The summed E-state index contributed by atoms with van der Waals surface area (Å²) in [6, 6.07) is 15.8. The smallest absolute Gasteiger partial charge is 0.293 e. The molecule has 9 heteroatoms. The molecule has 0 aliphatic carbocycles. The summed E-state index contributed by atoms with van der Waals surface area (Å²) in [5, 5.41) is 11.1. The number of hydrogen-bond acceptors (Lipinski definition) is 5. The molecule has 0 radical (unpaired) electrons. The number of ketones is 1. The highest BCUT2D eigenvalue weighted by Crippen LogP contribution is 2.20. The first-order chi connectivity index (χ1) is 14.4. The molecule has 2 heterocycles. The molecule has 1 N–H and O–H groups in total. The number of Topliss-reactive ketones (excluding diaryl/α,β-unsaturated/α-hetero) is 1. The first-order valence-corrected chi connectivity index (χ1v) is 9.82. The Hall–Kier alpha value is -3.59. The van der Waals surface area contributed by atoms with Crippen LogP contribution in [0, 0.1) is 0 Å². The lowest BCUT2D eigenvalue weighted by Gasteiger charge is -2.07. The maximum atomic E-state index is 12.8. The standard InChI is InChI=1S/C21H16BrN5O3/c1-13(28)15-3-2-4-17(9-15)24-20(29)11-26-21(30)19-10-18(25-27(19)12-23-26)14-5-7-16(22)8-6-14/h2-10,12H,11H2,1H3,(H,24,29). The van der Waals surface area contributed by atoms with E-state index in [1.165, 1.54) is 17.8 Å². The average molecular weight is 466 g/mol. The predicted molar refractivity (Wildman–Crippen MR) is 115 cm³/mol. The second-order valence-corrected chi connectivity index (χ2v) is 7.56. The van der Waals surface area contributed by atoms with Gasteiger partial charge in [0.15, 0.2) is 5.78 Å². The van der Waals surface area contributed by atoms with E-state index in [0.29, 0.717) is 22.5 Å². The van der Waals surface area contributed by atoms with Crippen LogP contribution in [0.1, 0.15) is 17.3 Å². The van der Waals surface area contributed by atoms with Gasteiger partial charge in [0.25, 0.3) is 5.56 Å². The van der Waals surface area contributed by atoms with Crippen molar-refractivity contribution in [2.24, 2.45) is 0 Å². The Morgan fingerprint density at radius 2 is 1.87 bits per heavy atom. The molecule has 0 saturated carbocycles. The summed E-state index contributed by atoms with van der Waals surface area (Å²) in [5.41, 5.74) is 2.34. The second kappa shape index (κ2) is 8.03. The van der Waals surface area contributed by atoms with Crippen LogP contribution in [0.4, 0.5) is 5.69 Å². The Labute approximate surface area is 179 Å². The van der Waals surface area contributed by atoms with E-state index in [1.54, 1.807) is 30.3 Å². The summed E-state index contributed by atoms with van der Waals surface area (Å²) in [6.07, 6.45) is 1.39. The number of hydrogen-bond donors (Lipinski definition) is 1. The summed E-state index contributed by atoms with van der Waals surface area (Å²) in [4.78, 5) is 36.6. The molecule has 8 nitrogen and oxygen atoms in total. The molecule has 150 valence electrons. The van der Waals surface area contributed by atoms with Crippen molar-refractivity contribution in [2.45, 2.75) is 13.5 Å². The van der Waals surface area contributed by atoms with Crippen LogP contribution < -0.4 is 10.9 Å². The minimum absolute atomic E-state index is 0.100. The zero-order chi connectivity index (χ0) is 21.3. The Morgan fingerprint density at radius 3 is 2.60 bits per heavy atom. The summed E-state index contributed by atoms with van der Waals surface area (Å²) >= 11 is 3.39. The lowest BCUT2D eigenvalue weighted by Crippen LogP contribution is -2.30. The Balaban J connectivity index is 1.57. The maximum absolute atomic E-state index is 12.8. The van der Waals surface area contributed by atoms with Crippen molar-refractivity contribution in [3.05, 3.63) is 81.3 Å². The van der Waals surface area contributed by atoms with Crippen LogP contribution in [-0.2, 0) is 11.3 Å². The molecule has 4 aromatic rings. The minimum Gasteiger partial charge on any atom is -0.324 e. The minimum atomic E-state index is -0.430. The van der Waals surface area contributed by atoms with E-state index >= 15 is 0 Å². The molecule has 0 aliphatic rings. The first-order valence-electron chi connectivity index (χ1n) is 9.03. The van der Waals surface area contributed by atoms with E-state index < -0.39 is 11.5 Å². The number of halogens is 1. The Morgan fingerprint density at radius 1 is 1.10 bits per heavy atom. The molecule has 2 aromatic carbocycles. The van der Waals surface area contributed by atoms with Crippen molar-refractivity contribution in [2.75, 3.05) is 5.32 Å². The van der Waals surface area contributed by atoms with Crippen LogP contribution in [0.3, 0.4) is 0 Å². The highest BCUT2D eigenvalue weighted by atomic mass is 79.9. The van der Waals surface area contributed by atoms with E-state index in [-0.39, 0.29) is 12.3 Å². The molecule has 0 spiro atoms. The van der Waals surface area contributed by atoms with Gasteiger partial charge in [-0.3, -0.25) is 14.4 Å². The summed E-state index contributed by atoms with van der Waals surface area (Å²) in [5.74, 6) is -0.529. The van der Waals surface area contributed by atoms with E-state index in [9.17, 15) is 14.4 Å². The molecule has 0 bridgehead atoms. The molecule has 2 aromatic heterocycles. The largest absolute Gasteiger partial charge is 0.324 e.